The minimum Gasteiger partial charge on any atom is -0.324 e. The van der Waals surface area contributed by atoms with Crippen LogP contribution < -0.4 is 5.73 Å². The van der Waals surface area contributed by atoms with Crippen molar-refractivity contribution in [2.45, 2.75) is 12.5 Å². The fourth-order valence-electron chi connectivity index (χ4n) is 1.84. The lowest BCUT2D eigenvalue weighted by molar-refractivity contribution is 0.592. The molecule has 0 amide bonds. The summed E-state index contributed by atoms with van der Waals surface area (Å²) in [6, 6.07) is 10.2. The van der Waals surface area contributed by atoms with Gasteiger partial charge in [-0.1, -0.05) is 45.7 Å². The van der Waals surface area contributed by atoms with E-state index in [1.807, 2.05) is 18.2 Å². The number of nitrogens with two attached hydrogens (primary N) is 1. The molecular formula is C14H11Br2ClFN. The summed E-state index contributed by atoms with van der Waals surface area (Å²) in [6.07, 6.45) is 0.398. The van der Waals surface area contributed by atoms with E-state index in [2.05, 4.69) is 31.9 Å². The highest BCUT2D eigenvalue weighted by Crippen LogP contribution is 2.31. The zero-order valence-electron chi connectivity index (χ0n) is 9.84. The Bertz CT molecular complexity index is 604. The van der Waals surface area contributed by atoms with Crippen LogP contribution in [-0.2, 0) is 6.42 Å². The summed E-state index contributed by atoms with van der Waals surface area (Å²) < 4.78 is 15.3. The highest BCUT2D eigenvalue weighted by Gasteiger charge is 2.14. The maximum Gasteiger partial charge on any atom is 0.127 e. The Morgan fingerprint density at radius 1 is 1.21 bits per heavy atom. The van der Waals surface area contributed by atoms with E-state index in [0.717, 1.165) is 10.0 Å². The molecule has 2 rings (SSSR count). The Hall–Kier alpha value is -0.420. The predicted octanol–water partition coefficient (Wildman–Crippen LogP) is 5.25. The summed E-state index contributed by atoms with van der Waals surface area (Å²) in [5, 5.41) is 0.576. The van der Waals surface area contributed by atoms with Crippen LogP contribution in [0.2, 0.25) is 5.02 Å². The van der Waals surface area contributed by atoms with Crippen molar-refractivity contribution in [2.75, 3.05) is 0 Å². The second kappa shape index (κ2) is 6.35. The van der Waals surface area contributed by atoms with E-state index in [1.165, 1.54) is 6.07 Å². The van der Waals surface area contributed by atoms with E-state index in [1.54, 1.807) is 12.1 Å². The van der Waals surface area contributed by atoms with Crippen LogP contribution in [0, 0.1) is 5.82 Å². The maximum atomic E-state index is 13.8. The van der Waals surface area contributed by atoms with Crippen molar-refractivity contribution in [2.24, 2.45) is 5.73 Å². The average molecular weight is 408 g/mol. The van der Waals surface area contributed by atoms with Crippen LogP contribution in [0.5, 0.6) is 0 Å². The molecule has 0 bridgehead atoms. The summed E-state index contributed by atoms with van der Waals surface area (Å²) in [6.45, 7) is 0. The van der Waals surface area contributed by atoms with E-state index >= 15 is 0 Å². The Balaban J connectivity index is 2.25. The first-order valence-corrected chi connectivity index (χ1v) is 7.59. The SMILES string of the molecule is NC(Cc1ccc(Br)cc1F)c1cccc(Br)c1Cl. The maximum absolute atomic E-state index is 13.8. The third-order valence-corrected chi connectivity index (χ3v) is 4.64. The zero-order chi connectivity index (χ0) is 14.0. The molecule has 0 saturated heterocycles. The van der Waals surface area contributed by atoms with Crippen LogP contribution in [0.4, 0.5) is 4.39 Å². The molecule has 0 aliphatic heterocycles. The Kier molecular flexibility index (Phi) is 5.01. The van der Waals surface area contributed by atoms with Gasteiger partial charge < -0.3 is 5.73 Å². The molecule has 5 heteroatoms. The van der Waals surface area contributed by atoms with Crippen LogP contribution in [0.25, 0.3) is 0 Å². The molecule has 0 aliphatic carbocycles. The molecular weight excluding hydrogens is 396 g/mol. The molecule has 0 aliphatic rings. The van der Waals surface area contributed by atoms with Crippen LogP contribution in [0.15, 0.2) is 45.3 Å². The van der Waals surface area contributed by atoms with Crippen LogP contribution >= 0.6 is 43.5 Å². The standard InChI is InChI=1S/C14H11Br2ClFN/c15-9-5-4-8(12(18)7-9)6-13(19)10-2-1-3-11(16)14(10)17/h1-5,7,13H,6,19H2. The molecule has 0 saturated carbocycles. The Morgan fingerprint density at radius 2 is 1.95 bits per heavy atom. The highest BCUT2D eigenvalue weighted by atomic mass is 79.9. The fraction of sp³-hybridized carbons (Fsp3) is 0.143. The molecule has 1 nitrogen and oxygen atoms in total. The number of benzene rings is 2. The van der Waals surface area contributed by atoms with Gasteiger partial charge >= 0.3 is 0 Å². The molecule has 2 aromatic rings. The van der Waals surface area contributed by atoms with Gasteiger partial charge in [0.2, 0.25) is 0 Å². The molecule has 100 valence electrons. The van der Waals surface area contributed by atoms with Crippen LogP contribution in [-0.4, -0.2) is 0 Å². The summed E-state index contributed by atoms with van der Waals surface area (Å²) >= 11 is 12.8. The average Bonchev–Trinajstić information content (AvgIpc) is 2.36. The van der Waals surface area contributed by atoms with Gasteiger partial charge in [-0.05, 0) is 51.7 Å². The van der Waals surface area contributed by atoms with Crippen molar-refractivity contribution < 1.29 is 4.39 Å². The van der Waals surface area contributed by atoms with E-state index in [4.69, 9.17) is 17.3 Å². The van der Waals surface area contributed by atoms with Gasteiger partial charge in [-0.25, -0.2) is 4.39 Å². The fourth-order valence-corrected chi connectivity index (χ4v) is 2.82. The molecule has 0 fully saturated rings. The molecule has 0 spiro atoms. The van der Waals surface area contributed by atoms with Crippen LogP contribution in [0.1, 0.15) is 17.2 Å². The number of rotatable bonds is 3. The molecule has 2 N–H and O–H groups in total. The quantitative estimate of drug-likeness (QED) is 0.739. The lowest BCUT2D eigenvalue weighted by Gasteiger charge is -2.15. The van der Waals surface area contributed by atoms with Crippen molar-refractivity contribution in [1.29, 1.82) is 0 Å². The second-order valence-corrected chi connectivity index (χ2v) is 6.34. The van der Waals surface area contributed by atoms with Crippen molar-refractivity contribution in [3.8, 4) is 0 Å². The lowest BCUT2D eigenvalue weighted by atomic mass is 9.99. The summed E-state index contributed by atoms with van der Waals surface area (Å²) in [5.74, 6) is -0.268. The van der Waals surface area contributed by atoms with Gasteiger partial charge in [0.05, 0.1) is 5.02 Å². The molecule has 2 aromatic carbocycles. The summed E-state index contributed by atoms with van der Waals surface area (Å²) in [7, 11) is 0. The number of hydrogen-bond donors (Lipinski definition) is 1. The van der Waals surface area contributed by atoms with Gasteiger partial charge in [0, 0.05) is 15.0 Å². The van der Waals surface area contributed by atoms with E-state index < -0.39 is 0 Å². The van der Waals surface area contributed by atoms with Gasteiger partial charge in [0.25, 0.3) is 0 Å². The van der Waals surface area contributed by atoms with Gasteiger partial charge in [0.15, 0.2) is 0 Å². The minimum atomic E-state index is -0.347. The first-order valence-electron chi connectivity index (χ1n) is 5.62. The smallest absolute Gasteiger partial charge is 0.127 e. The topological polar surface area (TPSA) is 26.0 Å². The Labute approximate surface area is 133 Å². The third kappa shape index (κ3) is 3.57. The molecule has 1 atom stereocenters. The molecule has 0 heterocycles. The minimum absolute atomic E-state index is 0.268. The molecule has 0 aromatic heterocycles. The van der Waals surface area contributed by atoms with Crippen LogP contribution in [0.3, 0.4) is 0 Å². The lowest BCUT2D eigenvalue weighted by Crippen LogP contribution is -2.14. The second-order valence-electron chi connectivity index (χ2n) is 4.19. The van der Waals surface area contributed by atoms with Crippen molar-refractivity contribution in [3.05, 3.63) is 67.3 Å². The Morgan fingerprint density at radius 3 is 2.63 bits per heavy atom. The summed E-state index contributed by atoms with van der Waals surface area (Å²) in [4.78, 5) is 0. The van der Waals surface area contributed by atoms with Crippen molar-refractivity contribution in [1.82, 2.24) is 0 Å². The van der Waals surface area contributed by atoms with Gasteiger partial charge in [0.1, 0.15) is 5.82 Å². The predicted molar refractivity (Wildman–Crippen MR) is 83.9 cm³/mol. The molecule has 0 radical (unpaired) electrons. The monoisotopic (exact) mass is 405 g/mol. The first kappa shape index (κ1) is 15.0. The third-order valence-electron chi connectivity index (χ3n) is 2.84. The van der Waals surface area contributed by atoms with E-state index in [9.17, 15) is 4.39 Å². The van der Waals surface area contributed by atoms with Crippen molar-refractivity contribution in [3.63, 3.8) is 0 Å². The van der Waals surface area contributed by atoms with Gasteiger partial charge in [-0.15, -0.1) is 0 Å². The highest BCUT2D eigenvalue weighted by molar-refractivity contribution is 9.10. The van der Waals surface area contributed by atoms with Gasteiger partial charge in [-0.2, -0.15) is 0 Å². The number of hydrogen-bond acceptors (Lipinski definition) is 1. The zero-order valence-corrected chi connectivity index (χ0v) is 13.8. The van der Waals surface area contributed by atoms with Crippen molar-refractivity contribution >= 4 is 43.5 Å². The normalized spacial score (nSPS) is 12.5. The first-order chi connectivity index (χ1) is 8.99. The largest absolute Gasteiger partial charge is 0.324 e. The van der Waals surface area contributed by atoms with E-state index in [-0.39, 0.29) is 11.9 Å². The molecule has 19 heavy (non-hydrogen) atoms. The van der Waals surface area contributed by atoms with Gasteiger partial charge in [-0.3, -0.25) is 0 Å². The number of halogens is 4. The summed E-state index contributed by atoms with van der Waals surface area (Å²) in [5.41, 5.74) is 7.50. The van der Waals surface area contributed by atoms with E-state index in [0.29, 0.717) is 21.5 Å². The molecule has 1 unspecified atom stereocenters.